The summed E-state index contributed by atoms with van der Waals surface area (Å²) in [4.78, 5) is 15.4. The number of nitrogens with one attached hydrogen (secondary N) is 1. The van der Waals surface area contributed by atoms with Crippen molar-refractivity contribution in [2.45, 2.75) is 49.6 Å². The van der Waals surface area contributed by atoms with Crippen LogP contribution in [0.3, 0.4) is 0 Å². The minimum atomic E-state index is -0.307. The Kier molecular flexibility index (Phi) is 6.87. The van der Waals surface area contributed by atoms with E-state index in [9.17, 15) is 4.79 Å². The molecule has 0 saturated carbocycles. The SMILES string of the molecule is Cc1ccccc1-n1c(S[C@H](C)C(=O)N[C@H]2CCCc3ccccc32)nnc1N1CCOCC1. The zero-order valence-electron chi connectivity index (χ0n) is 19.7. The maximum absolute atomic E-state index is 13.2. The smallest absolute Gasteiger partial charge is 0.233 e. The second-order valence-electron chi connectivity index (χ2n) is 8.92. The molecule has 0 spiro atoms. The Morgan fingerprint density at radius 2 is 1.88 bits per heavy atom. The summed E-state index contributed by atoms with van der Waals surface area (Å²) >= 11 is 1.46. The number of aromatic nitrogens is 3. The number of rotatable bonds is 6. The van der Waals surface area contributed by atoms with Gasteiger partial charge in [-0.15, -0.1) is 10.2 Å². The average Bonchev–Trinajstić information content (AvgIpc) is 3.28. The first-order valence-corrected chi connectivity index (χ1v) is 12.9. The number of morpholine rings is 1. The molecule has 178 valence electrons. The monoisotopic (exact) mass is 477 g/mol. The number of carbonyl (C=O) groups is 1. The number of carbonyl (C=O) groups excluding carboxylic acids is 1. The van der Waals surface area contributed by atoms with E-state index in [2.05, 4.69) is 68.3 Å². The second-order valence-corrected chi connectivity index (χ2v) is 10.2. The van der Waals surface area contributed by atoms with Crippen LogP contribution < -0.4 is 10.2 Å². The molecule has 3 aromatic rings. The van der Waals surface area contributed by atoms with Crippen LogP contribution in [0.15, 0.2) is 53.7 Å². The van der Waals surface area contributed by atoms with Crippen molar-refractivity contribution in [3.63, 3.8) is 0 Å². The summed E-state index contributed by atoms with van der Waals surface area (Å²) in [5.41, 5.74) is 4.76. The third kappa shape index (κ3) is 4.70. The van der Waals surface area contributed by atoms with Gasteiger partial charge in [0.15, 0.2) is 5.16 Å². The van der Waals surface area contributed by atoms with Gasteiger partial charge in [-0.3, -0.25) is 9.36 Å². The lowest BCUT2D eigenvalue weighted by Crippen LogP contribution is -2.38. The molecule has 0 unspecified atom stereocenters. The molecule has 1 amide bonds. The lowest BCUT2D eigenvalue weighted by molar-refractivity contribution is -0.121. The number of hydrogen-bond donors (Lipinski definition) is 1. The number of aryl methyl sites for hydroxylation is 2. The highest BCUT2D eigenvalue weighted by Gasteiger charge is 2.28. The van der Waals surface area contributed by atoms with Crippen molar-refractivity contribution < 1.29 is 9.53 Å². The molecule has 0 bridgehead atoms. The van der Waals surface area contributed by atoms with E-state index in [-0.39, 0.29) is 17.2 Å². The molecule has 1 aromatic heterocycles. The largest absolute Gasteiger partial charge is 0.378 e. The van der Waals surface area contributed by atoms with Crippen molar-refractivity contribution in [3.8, 4) is 5.69 Å². The standard InChI is InChI=1S/C26H31N5O2S/c1-18-8-3-6-13-23(18)31-25(30-14-16-33-17-15-30)28-29-26(31)34-19(2)24(32)27-22-12-7-10-20-9-4-5-11-21(20)22/h3-6,8-9,11,13,19,22H,7,10,12,14-17H2,1-2H3,(H,27,32)/t19-,22+/m1/s1. The van der Waals surface area contributed by atoms with Gasteiger partial charge >= 0.3 is 0 Å². The normalized spacial score (nSPS) is 18.9. The average molecular weight is 478 g/mol. The summed E-state index contributed by atoms with van der Waals surface area (Å²) in [6.07, 6.45) is 3.14. The summed E-state index contributed by atoms with van der Waals surface area (Å²) in [5, 5.41) is 12.8. The molecule has 2 atom stereocenters. The van der Waals surface area contributed by atoms with Crippen LogP contribution in [0.25, 0.3) is 5.69 Å². The molecule has 1 fully saturated rings. The Morgan fingerprint density at radius 1 is 1.12 bits per heavy atom. The van der Waals surface area contributed by atoms with E-state index in [4.69, 9.17) is 4.74 Å². The predicted octanol–water partition coefficient (Wildman–Crippen LogP) is 4.09. The fourth-order valence-electron chi connectivity index (χ4n) is 4.74. The summed E-state index contributed by atoms with van der Waals surface area (Å²) in [6, 6.07) is 16.7. The van der Waals surface area contributed by atoms with Crippen LogP contribution in [0.1, 0.15) is 42.5 Å². The molecule has 5 rings (SSSR count). The van der Waals surface area contributed by atoms with Crippen LogP contribution in [0.2, 0.25) is 0 Å². The fourth-order valence-corrected chi connectivity index (χ4v) is 5.60. The molecule has 2 heterocycles. The Morgan fingerprint density at radius 3 is 2.71 bits per heavy atom. The number of anilines is 1. The zero-order valence-corrected chi connectivity index (χ0v) is 20.6. The number of amides is 1. The molecule has 1 saturated heterocycles. The number of nitrogens with zero attached hydrogens (tertiary/aromatic N) is 4. The van der Waals surface area contributed by atoms with Crippen LogP contribution in [0.5, 0.6) is 0 Å². The van der Waals surface area contributed by atoms with Gasteiger partial charge in [-0.1, -0.05) is 54.2 Å². The summed E-state index contributed by atoms with van der Waals surface area (Å²) < 4.78 is 7.62. The van der Waals surface area contributed by atoms with Gasteiger partial charge in [0, 0.05) is 13.1 Å². The summed E-state index contributed by atoms with van der Waals surface area (Å²) in [7, 11) is 0. The summed E-state index contributed by atoms with van der Waals surface area (Å²) in [6.45, 7) is 6.91. The van der Waals surface area contributed by atoms with Gasteiger partial charge in [-0.2, -0.15) is 0 Å². The maximum Gasteiger partial charge on any atom is 0.233 e. The van der Waals surface area contributed by atoms with Gasteiger partial charge in [0.1, 0.15) is 0 Å². The van der Waals surface area contributed by atoms with Gasteiger partial charge in [0.25, 0.3) is 0 Å². The molecule has 7 nitrogen and oxygen atoms in total. The quantitative estimate of drug-likeness (QED) is 0.539. The molecule has 34 heavy (non-hydrogen) atoms. The highest BCUT2D eigenvalue weighted by atomic mass is 32.2. The number of fused-ring (bicyclic) bond motifs is 1. The van der Waals surface area contributed by atoms with Crippen LogP contribution in [-0.2, 0) is 16.0 Å². The minimum Gasteiger partial charge on any atom is -0.378 e. The van der Waals surface area contributed by atoms with Crippen molar-refractivity contribution >= 4 is 23.6 Å². The first kappa shape index (κ1) is 22.9. The number of para-hydroxylation sites is 1. The molecule has 1 aliphatic carbocycles. The lowest BCUT2D eigenvalue weighted by atomic mass is 9.88. The van der Waals surface area contributed by atoms with Gasteiger partial charge in [-0.05, 0) is 55.9 Å². The maximum atomic E-state index is 13.2. The van der Waals surface area contributed by atoms with E-state index in [1.165, 1.54) is 22.9 Å². The minimum absolute atomic E-state index is 0.0268. The van der Waals surface area contributed by atoms with Gasteiger partial charge < -0.3 is 15.0 Å². The van der Waals surface area contributed by atoms with Gasteiger partial charge in [0.2, 0.25) is 11.9 Å². The third-order valence-corrected chi connectivity index (χ3v) is 7.65. The van der Waals surface area contributed by atoms with E-state index >= 15 is 0 Å². The second kappa shape index (κ2) is 10.2. The first-order valence-electron chi connectivity index (χ1n) is 12.0. The number of hydrogen-bond acceptors (Lipinski definition) is 6. The topological polar surface area (TPSA) is 72.3 Å². The van der Waals surface area contributed by atoms with Crippen LogP contribution >= 0.6 is 11.8 Å². The van der Waals surface area contributed by atoms with Crippen molar-refractivity contribution in [1.82, 2.24) is 20.1 Å². The molecule has 0 radical (unpaired) electrons. The van der Waals surface area contributed by atoms with E-state index in [1.807, 2.05) is 19.1 Å². The molecule has 2 aromatic carbocycles. The Bertz CT molecular complexity index is 1160. The Labute approximate surface area is 204 Å². The van der Waals surface area contributed by atoms with Crippen LogP contribution in [0.4, 0.5) is 5.95 Å². The third-order valence-electron chi connectivity index (χ3n) is 6.60. The van der Waals surface area contributed by atoms with E-state index < -0.39 is 0 Å². The number of ether oxygens (including phenoxy) is 1. The van der Waals surface area contributed by atoms with E-state index in [0.717, 1.165) is 54.7 Å². The van der Waals surface area contributed by atoms with E-state index in [0.29, 0.717) is 13.2 Å². The highest BCUT2D eigenvalue weighted by molar-refractivity contribution is 8.00. The molecular formula is C26H31N5O2S. The zero-order chi connectivity index (χ0) is 23.5. The molecular weight excluding hydrogens is 446 g/mol. The molecule has 1 aliphatic heterocycles. The Balaban J connectivity index is 1.38. The van der Waals surface area contributed by atoms with Crippen molar-refractivity contribution in [3.05, 3.63) is 65.2 Å². The van der Waals surface area contributed by atoms with Crippen molar-refractivity contribution in [2.24, 2.45) is 0 Å². The number of benzene rings is 2. The fraction of sp³-hybridized carbons (Fsp3) is 0.423. The lowest BCUT2D eigenvalue weighted by Gasteiger charge is -2.28. The highest BCUT2D eigenvalue weighted by Crippen LogP contribution is 2.33. The van der Waals surface area contributed by atoms with Crippen molar-refractivity contribution in [2.75, 3.05) is 31.2 Å². The molecule has 1 N–H and O–H groups in total. The predicted molar refractivity (Wildman–Crippen MR) is 135 cm³/mol. The molecule has 8 heteroatoms. The number of thioether (sulfide) groups is 1. The van der Waals surface area contributed by atoms with Crippen molar-refractivity contribution in [1.29, 1.82) is 0 Å². The summed E-state index contributed by atoms with van der Waals surface area (Å²) in [5.74, 6) is 0.827. The first-order chi connectivity index (χ1) is 16.6. The molecule has 2 aliphatic rings. The van der Waals surface area contributed by atoms with Gasteiger partial charge in [0.05, 0.1) is 30.2 Å². The van der Waals surface area contributed by atoms with Crippen LogP contribution in [-0.4, -0.2) is 52.2 Å². The van der Waals surface area contributed by atoms with Crippen LogP contribution in [0, 0.1) is 6.92 Å². The Hall–Kier alpha value is -2.84. The van der Waals surface area contributed by atoms with Gasteiger partial charge in [-0.25, -0.2) is 0 Å². The van der Waals surface area contributed by atoms with E-state index in [1.54, 1.807) is 0 Å².